The third-order valence-electron chi connectivity index (χ3n) is 3.77. The Bertz CT molecular complexity index is 380. The lowest BCUT2D eigenvalue weighted by Crippen LogP contribution is -2.31. The molecule has 1 aliphatic rings. The normalized spacial score (nSPS) is 20.6. The van der Waals surface area contributed by atoms with Crippen LogP contribution < -0.4 is 0 Å². The highest BCUT2D eigenvalue weighted by Gasteiger charge is 2.30. The fraction of sp³-hybridized carbons (Fsp3) is 0.643. The van der Waals surface area contributed by atoms with Crippen molar-refractivity contribution < 1.29 is 14.2 Å². The lowest BCUT2D eigenvalue weighted by Gasteiger charge is -2.32. The van der Waals surface area contributed by atoms with Gasteiger partial charge in [0.05, 0.1) is 12.3 Å². The fourth-order valence-corrected chi connectivity index (χ4v) is 2.82. The molecule has 0 aliphatic heterocycles. The SMILES string of the molecule is COC(C1CCCCC1)C(O)c1cncc(F)c1. The van der Waals surface area contributed by atoms with Gasteiger partial charge < -0.3 is 9.84 Å². The van der Waals surface area contributed by atoms with Crippen molar-refractivity contribution in [3.8, 4) is 0 Å². The minimum Gasteiger partial charge on any atom is -0.386 e. The van der Waals surface area contributed by atoms with Gasteiger partial charge in [0, 0.05) is 18.9 Å². The predicted octanol–water partition coefficient (Wildman–Crippen LogP) is 2.85. The Morgan fingerprint density at radius 1 is 1.33 bits per heavy atom. The maximum Gasteiger partial charge on any atom is 0.141 e. The van der Waals surface area contributed by atoms with E-state index in [0.29, 0.717) is 11.5 Å². The zero-order valence-electron chi connectivity index (χ0n) is 10.7. The Hall–Kier alpha value is -1.00. The summed E-state index contributed by atoms with van der Waals surface area (Å²) in [5.74, 6) is -0.0768. The van der Waals surface area contributed by atoms with Gasteiger partial charge in [-0.2, -0.15) is 0 Å². The van der Waals surface area contributed by atoms with Crippen LogP contribution in [0.25, 0.3) is 0 Å². The average molecular weight is 253 g/mol. The molecule has 0 radical (unpaired) electrons. The van der Waals surface area contributed by atoms with E-state index >= 15 is 0 Å². The molecule has 0 saturated heterocycles. The van der Waals surface area contributed by atoms with Gasteiger partial charge in [-0.15, -0.1) is 0 Å². The van der Waals surface area contributed by atoms with Gasteiger partial charge in [0.2, 0.25) is 0 Å². The molecular formula is C14H20FNO2. The molecule has 0 amide bonds. The number of aliphatic hydroxyl groups excluding tert-OH is 1. The first-order valence-corrected chi connectivity index (χ1v) is 6.53. The zero-order chi connectivity index (χ0) is 13.0. The molecule has 1 fully saturated rings. The number of hydrogen-bond donors (Lipinski definition) is 1. The van der Waals surface area contributed by atoms with Gasteiger partial charge in [-0.05, 0) is 24.8 Å². The molecule has 2 rings (SSSR count). The summed E-state index contributed by atoms with van der Waals surface area (Å²) in [6, 6.07) is 1.33. The highest BCUT2D eigenvalue weighted by atomic mass is 19.1. The van der Waals surface area contributed by atoms with Crippen LogP contribution in [0.3, 0.4) is 0 Å². The van der Waals surface area contributed by atoms with Crippen LogP contribution in [0.2, 0.25) is 0 Å². The van der Waals surface area contributed by atoms with Crippen molar-refractivity contribution in [1.29, 1.82) is 0 Å². The third kappa shape index (κ3) is 3.06. The summed E-state index contributed by atoms with van der Waals surface area (Å²) in [5.41, 5.74) is 0.493. The molecule has 1 aliphatic carbocycles. The molecule has 4 heteroatoms. The molecule has 2 unspecified atom stereocenters. The van der Waals surface area contributed by atoms with Crippen molar-refractivity contribution >= 4 is 0 Å². The second-order valence-corrected chi connectivity index (χ2v) is 4.98. The zero-order valence-corrected chi connectivity index (χ0v) is 10.7. The van der Waals surface area contributed by atoms with E-state index in [4.69, 9.17) is 4.74 Å². The molecule has 0 spiro atoms. The predicted molar refractivity (Wildman–Crippen MR) is 66.5 cm³/mol. The van der Waals surface area contributed by atoms with Gasteiger partial charge >= 0.3 is 0 Å². The molecular weight excluding hydrogens is 233 g/mol. The number of ether oxygens (including phenoxy) is 1. The molecule has 0 bridgehead atoms. The second-order valence-electron chi connectivity index (χ2n) is 4.98. The summed E-state index contributed by atoms with van der Waals surface area (Å²) in [6.07, 6.45) is 7.31. The summed E-state index contributed by atoms with van der Waals surface area (Å²) in [5, 5.41) is 10.3. The summed E-state index contributed by atoms with van der Waals surface area (Å²) >= 11 is 0. The summed E-state index contributed by atoms with van der Waals surface area (Å²) in [6.45, 7) is 0. The van der Waals surface area contributed by atoms with Crippen molar-refractivity contribution in [2.75, 3.05) is 7.11 Å². The van der Waals surface area contributed by atoms with Crippen LogP contribution in [-0.4, -0.2) is 23.3 Å². The number of aromatic nitrogens is 1. The van der Waals surface area contributed by atoms with Gasteiger partial charge in [-0.1, -0.05) is 19.3 Å². The van der Waals surface area contributed by atoms with Crippen molar-refractivity contribution in [2.24, 2.45) is 5.92 Å². The minimum atomic E-state index is -0.804. The smallest absolute Gasteiger partial charge is 0.141 e. The van der Waals surface area contributed by atoms with E-state index in [1.54, 1.807) is 7.11 Å². The summed E-state index contributed by atoms with van der Waals surface area (Å²) < 4.78 is 18.6. The monoisotopic (exact) mass is 253 g/mol. The second kappa shape index (κ2) is 6.25. The minimum absolute atomic E-state index is 0.270. The molecule has 1 aromatic heterocycles. The van der Waals surface area contributed by atoms with Crippen molar-refractivity contribution in [1.82, 2.24) is 4.98 Å². The summed E-state index contributed by atoms with van der Waals surface area (Å²) in [4.78, 5) is 3.78. The van der Waals surface area contributed by atoms with Gasteiger partial charge in [-0.25, -0.2) is 4.39 Å². The Morgan fingerprint density at radius 2 is 2.06 bits per heavy atom. The van der Waals surface area contributed by atoms with Gasteiger partial charge in [0.25, 0.3) is 0 Å². The Morgan fingerprint density at radius 3 is 2.67 bits per heavy atom. The number of rotatable bonds is 4. The maximum absolute atomic E-state index is 13.1. The largest absolute Gasteiger partial charge is 0.386 e. The van der Waals surface area contributed by atoms with E-state index in [2.05, 4.69) is 4.98 Å². The first-order valence-electron chi connectivity index (χ1n) is 6.53. The standard InChI is InChI=1S/C14H20FNO2/c1-18-14(10-5-3-2-4-6-10)13(17)11-7-12(15)9-16-8-11/h7-10,13-14,17H,2-6H2,1H3. The lowest BCUT2D eigenvalue weighted by atomic mass is 9.82. The number of pyridine rings is 1. The lowest BCUT2D eigenvalue weighted by molar-refractivity contribution is -0.0561. The van der Waals surface area contributed by atoms with Crippen LogP contribution >= 0.6 is 0 Å². The molecule has 1 N–H and O–H groups in total. The van der Waals surface area contributed by atoms with Crippen LogP contribution in [0.4, 0.5) is 4.39 Å². The molecule has 3 nitrogen and oxygen atoms in total. The van der Waals surface area contributed by atoms with E-state index < -0.39 is 11.9 Å². The highest BCUT2D eigenvalue weighted by molar-refractivity contribution is 5.15. The molecule has 18 heavy (non-hydrogen) atoms. The first-order chi connectivity index (χ1) is 8.72. The molecule has 100 valence electrons. The average Bonchev–Trinajstić information content (AvgIpc) is 2.41. The quantitative estimate of drug-likeness (QED) is 0.897. The third-order valence-corrected chi connectivity index (χ3v) is 3.77. The maximum atomic E-state index is 13.1. The molecule has 1 saturated carbocycles. The van der Waals surface area contributed by atoms with Crippen LogP contribution in [-0.2, 0) is 4.74 Å². The topological polar surface area (TPSA) is 42.4 Å². The van der Waals surface area contributed by atoms with Crippen LogP contribution in [0.15, 0.2) is 18.5 Å². The van der Waals surface area contributed by atoms with Crippen LogP contribution in [0.1, 0.15) is 43.8 Å². The number of methoxy groups -OCH3 is 1. The van der Waals surface area contributed by atoms with Crippen molar-refractivity contribution in [3.63, 3.8) is 0 Å². The summed E-state index contributed by atoms with van der Waals surface area (Å²) in [7, 11) is 1.61. The number of aliphatic hydroxyl groups is 1. The molecule has 2 atom stereocenters. The highest BCUT2D eigenvalue weighted by Crippen LogP contribution is 2.33. The van der Waals surface area contributed by atoms with Gasteiger partial charge in [0.1, 0.15) is 11.9 Å². The van der Waals surface area contributed by atoms with E-state index in [-0.39, 0.29) is 6.10 Å². The number of hydrogen-bond acceptors (Lipinski definition) is 3. The van der Waals surface area contributed by atoms with Crippen LogP contribution in [0, 0.1) is 11.7 Å². The van der Waals surface area contributed by atoms with Gasteiger partial charge in [-0.3, -0.25) is 4.98 Å². The number of halogens is 1. The van der Waals surface area contributed by atoms with Gasteiger partial charge in [0.15, 0.2) is 0 Å². The molecule has 1 heterocycles. The first kappa shape index (κ1) is 13.4. The number of nitrogens with zero attached hydrogens (tertiary/aromatic N) is 1. The van der Waals surface area contributed by atoms with E-state index in [9.17, 15) is 9.50 Å². The van der Waals surface area contributed by atoms with E-state index in [0.717, 1.165) is 19.0 Å². The van der Waals surface area contributed by atoms with Crippen LogP contribution in [0.5, 0.6) is 0 Å². The fourth-order valence-electron chi connectivity index (χ4n) is 2.82. The van der Waals surface area contributed by atoms with E-state index in [1.165, 1.54) is 31.5 Å². The van der Waals surface area contributed by atoms with E-state index in [1.807, 2.05) is 0 Å². The Kier molecular flexibility index (Phi) is 4.66. The Balaban J connectivity index is 2.11. The molecule has 0 aromatic carbocycles. The Labute approximate surface area is 107 Å². The van der Waals surface area contributed by atoms with Crippen molar-refractivity contribution in [2.45, 2.75) is 44.3 Å². The molecule has 1 aromatic rings. The van der Waals surface area contributed by atoms with Crippen molar-refractivity contribution in [3.05, 3.63) is 29.8 Å².